The summed E-state index contributed by atoms with van der Waals surface area (Å²) in [7, 11) is 0. The van der Waals surface area contributed by atoms with Gasteiger partial charge in [-0.2, -0.15) is 5.10 Å². The number of aryl methyl sites for hydroxylation is 1. The number of nitrogens with zero attached hydrogens (tertiary/aromatic N) is 2. The maximum absolute atomic E-state index is 5.73. The van der Waals surface area contributed by atoms with Crippen molar-refractivity contribution in [3.63, 3.8) is 0 Å². The number of hydrazone groups is 1. The van der Waals surface area contributed by atoms with E-state index in [-0.39, 0.29) is 0 Å². The molecular weight excluding hydrogens is 254 g/mol. The third-order valence-electron chi connectivity index (χ3n) is 2.56. The van der Waals surface area contributed by atoms with Gasteiger partial charge in [-0.15, -0.1) is 0 Å². The average molecular weight is 268 g/mol. The summed E-state index contributed by atoms with van der Waals surface area (Å²) in [5.74, 6) is 0.713. The third-order valence-corrected chi connectivity index (χ3v) is 3.06. The smallest absolute Gasteiger partial charge is 0.122 e. The lowest BCUT2D eigenvalue weighted by atomic mass is 10.1. The van der Waals surface area contributed by atoms with Gasteiger partial charge in [-0.3, -0.25) is 5.01 Å². The van der Waals surface area contributed by atoms with Crippen molar-refractivity contribution in [2.45, 2.75) is 26.3 Å². The van der Waals surface area contributed by atoms with E-state index in [2.05, 4.69) is 47.0 Å². The lowest BCUT2D eigenvalue weighted by Gasteiger charge is -2.21. The van der Waals surface area contributed by atoms with Gasteiger partial charge in [-0.1, -0.05) is 15.9 Å². The minimum atomic E-state index is 0.352. The molecule has 1 heterocycles. The van der Waals surface area contributed by atoms with E-state index in [4.69, 9.17) is 5.73 Å². The van der Waals surface area contributed by atoms with Gasteiger partial charge in [0.05, 0.1) is 11.7 Å². The van der Waals surface area contributed by atoms with Crippen molar-refractivity contribution >= 4 is 27.5 Å². The summed E-state index contributed by atoms with van der Waals surface area (Å²) in [4.78, 5) is 0. The number of hydrogen-bond acceptors (Lipinski definition) is 3. The highest BCUT2D eigenvalue weighted by molar-refractivity contribution is 9.10. The zero-order chi connectivity index (χ0) is 11.0. The first-order valence-electron chi connectivity index (χ1n) is 4.96. The second-order valence-electron chi connectivity index (χ2n) is 3.92. The Labute approximate surface area is 98.1 Å². The van der Waals surface area contributed by atoms with Crippen LogP contribution in [0, 0.1) is 6.92 Å². The van der Waals surface area contributed by atoms with E-state index in [1.54, 1.807) is 0 Å². The Balaban J connectivity index is 2.38. The summed E-state index contributed by atoms with van der Waals surface area (Å²) in [5, 5.41) is 6.34. The van der Waals surface area contributed by atoms with Gasteiger partial charge in [-0.25, -0.2) is 0 Å². The predicted molar refractivity (Wildman–Crippen MR) is 67.1 cm³/mol. The van der Waals surface area contributed by atoms with Crippen LogP contribution >= 0.6 is 15.9 Å². The topological polar surface area (TPSA) is 41.6 Å². The lowest BCUT2D eigenvalue weighted by molar-refractivity contribution is 0.721. The first kappa shape index (κ1) is 10.5. The molecule has 2 N–H and O–H groups in total. The molecule has 1 unspecified atom stereocenters. The molecule has 0 spiro atoms. The normalized spacial score (nSPS) is 20.6. The van der Waals surface area contributed by atoms with Crippen molar-refractivity contribution in [3.8, 4) is 0 Å². The Morgan fingerprint density at radius 3 is 2.80 bits per heavy atom. The minimum absolute atomic E-state index is 0.352. The van der Waals surface area contributed by atoms with Gasteiger partial charge in [0.15, 0.2) is 0 Å². The monoisotopic (exact) mass is 267 g/mol. The molecule has 1 aliphatic heterocycles. The Kier molecular flexibility index (Phi) is 2.69. The molecule has 1 aromatic rings. The van der Waals surface area contributed by atoms with Crippen LogP contribution in [0.25, 0.3) is 0 Å². The first-order valence-corrected chi connectivity index (χ1v) is 5.75. The zero-order valence-corrected chi connectivity index (χ0v) is 10.5. The lowest BCUT2D eigenvalue weighted by Crippen LogP contribution is -2.23. The molecule has 0 fully saturated rings. The van der Waals surface area contributed by atoms with E-state index < -0.39 is 0 Å². The summed E-state index contributed by atoms with van der Waals surface area (Å²) in [6.45, 7) is 4.21. The quantitative estimate of drug-likeness (QED) is 0.850. The van der Waals surface area contributed by atoms with Crippen molar-refractivity contribution in [2.24, 2.45) is 10.8 Å². The summed E-state index contributed by atoms with van der Waals surface area (Å²) in [6.07, 6.45) is 0.843. The Morgan fingerprint density at radius 2 is 2.27 bits per heavy atom. The SMILES string of the molecule is Cc1cc(Br)ccc1N1N=C(N)CC1C. The second kappa shape index (κ2) is 3.85. The Bertz CT molecular complexity index is 414. The second-order valence-corrected chi connectivity index (χ2v) is 4.84. The van der Waals surface area contributed by atoms with Crippen molar-refractivity contribution in [2.75, 3.05) is 5.01 Å². The van der Waals surface area contributed by atoms with Gasteiger partial charge >= 0.3 is 0 Å². The van der Waals surface area contributed by atoms with Crippen LogP contribution in [0.4, 0.5) is 5.69 Å². The molecule has 1 aliphatic rings. The molecule has 0 aromatic heterocycles. The predicted octanol–water partition coefficient (Wildman–Crippen LogP) is 2.63. The molecule has 0 radical (unpaired) electrons. The molecule has 1 atom stereocenters. The van der Waals surface area contributed by atoms with Crippen LogP contribution in [0.1, 0.15) is 18.9 Å². The molecule has 2 rings (SSSR count). The van der Waals surface area contributed by atoms with E-state index in [0.29, 0.717) is 11.9 Å². The van der Waals surface area contributed by atoms with Gasteiger partial charge in [0.25, 0.3) is 0 Å². The number of rotatable bonds is 1. The standard InChI is InChI=1S/C11H14BrN3/c1-7-5-9(12)3-4-10(7)15-8(2)6-11(13)14-15/h3-5,8H,6H2,1-2H3,(H2,13,14). The highest BCUT2D eigenvalue weighted by Gasteiger charge is 2.23. The van der Waals surface area contributed by atoms with Gasteiger partial charge in [0.1, 0.15) is 5.84 Å². The maximum atomic E-state index is 5.73. The first-order chi connectivity index (χ1) is 7.08. The highest BCUT2D eigenvalue weighted by atomic mass is 79.9. The Morgan fingerprint density at radius 1 is 1.53 bits per heavy atom. The van der Waals surface area contributed by atoms with E-state index in [0.717, 1.165) is 16.6 Å². The van der Waals surface area contributed by atoms with Gasteiger partial charge in [0, 0.05) is 10.9 Å². The summed E-state index contributed by atoms with van der Waals surface area (Å²) >= 11 is 3.45. The summed E-state index contributed by atoms with van der Waals surface area (Å²) < 4.78 is 1.09. The number of halogens is 1. The molecule has 0 bridgehead atoms. The fraction of sp³-hybridized carbons (Fsp3) is 0.364. The number of amidine groups is 1. The number of anilines is 1. The average Bonchev–Trinajstić information content (AvgIpc) is 2.45. The molecule has 0 aliphatic carbocycles. The van der Waals surface area contributed by atoms with Crippen molar-refractivity contribution in [1.82, 2.24) is 0 Å². The highest BCUT2D eigenvalue weighted by Crippen LogP contribution is 2.28. The summed E-state index contributed by atoms with van der Waals surface area (Å²) in [6, 6.07) is 6.54. The van der Waals surface area contributed by atoms with Gasteiger partial charge in [0.2, 0.25) is 0 Å². The minimum Gasteiger partial charge on any atom is -0.386 e. The van der Waals surface area contributed by atoms with Crippen molar-refractivity contribution < 1.29 is 0 Å². The molecule has 3 nitrogen and oxygen atoms in total. The van der Waals surface area contributed by atoms with Crippen LogP contribution in [0.3, 0.4) is 0 Å². The number of nitrogens with two attached hydrogens (primary N) is 1. The molecular formula is C11H14BrN3. The maximum Gasteiger partial charge on any atom is 0.122 e. The fourth-order valence-electron chi connectivity index (χ4n) is 1.83. The largest absolute Gasteiger partial charge is 0.386 e. The molecule has 15 heavy (non-hydrogen) atoms. The molecule has 4 heteroatoms. The van der Waals surface area contributed by atoms with Crippen LogP contribution in [0.2, 0.25) is 0 Å². The van der Waals surface area contributed by atoms with Crippen LogP contribution < -0.4 is 10.7 Å². The summed E-state index contributed by atoms with van der Waals surface area (Å²) in [5.41, 5.74) is 8.07. The number of hydrogen-bond donors (Lipinski definition) is 1. The number of benzene rings is 1. The zero-order valence-electron chi connectivity index (χ0n) is 8.87. The molecule has 1 aromatic carbocycles. The fourth-order valence-corrected chi connectivity index (χ4v) is 2.31. The van der Waals surface area contributed by atoms with E-state index in [1.165, 1.54) is 5.56 Å². The Hall–Kier alpha value is -1.03. The molecule has 80 valence electrons. The van der Waals surface area contributed by atoms with Crippen LogP contribution in [0.15, 0.2) is 27.8 Å². The van der Waals surface area contributed by atoms with Crippen molar-refractivity contribution in [1.29, 1.82) is 0 Å². The van der Waals surface area contributed by atoms with Crippen LogP contribution in [-0.2, 0) is 0 Å². The third kappa shape index (κ3) is 2.00. The molecule has 0 saturated heterocycles. The van der Waals surface area contributed by atoms with E-state index in [9.17, 15) is 0 Å². The van der Waals surface area contributed by atoms with Crippen molar-refractivity contribution in [3.05, 3.63) is 28.2 Å². The van der Waals surface area contributed by atoms with Crippen LogP contribution in [-0.4, -0.2) is 11.9 Å². The van der Waals surface area contributed by atoms with E-state index in [1.807, 2.05) is 11.1 Å². The molecule has 0 amide bonds. The van der Waals surface area contributed by atoms with Gasteiger partial charge in [-0.05, 0) is 37.6 Å². The van der Waals surface area contributed by atoms with Crippen LogP contribution in [0.5, 0.6) is 0 Å². The van der Waals surface area contributed by atoms with E-state index >= 15 is 0 Å². The van der Waals surface area contributed by atoms with Gasteiger partial charge < -0.3 is 5.73 Å². The molecule has 0 saturated carbocycles.